The minimum Gasteiger partial charge on any atom is -0.389 e. The second-order valence-corrected chi connectivity index (χ2v) is 1.99. The van der Waals surface area contributed by atoms with Gasteiger partial charge in [0.1, 0.15) is 0 Å². The molecule has 0 aromatic carbocycles. The van der Waals surface area contributed by atoms with Crippen LogP contribution < -0.4 is 5.73 Å². The van der Waals surface area contributed by atoms with E-state index in [1.54, 1.807) is 7.11 Å². The highest BCUT2D eigenvalue weighted by molar-refractivity contribution is 4.66. The normalized spacial score (nSPS) is 17.3. The van der Waals surface area contributed by atoms with Crippen LogP contribution >= 0.6 is 0 Å². The molecule has 9 heavy (non-hydrogen) atoms. The third-order valence-corrected chi connectivity index (χ3v) is 1.38. The molecule has 0 rings (SSSR count). The number of ether oxygens (including phenoxy) is 1. The van der Waals surface area contributed by atoms with E-state index in [2.05, 4.69) is 0 Å². The highest BCUT2D eigenvalue weighted by atomic mass is 16.5. The van der Waals surface area contributed by atoms with Crippen molar-refractivity contribution in [2.75, 3.05) is 13.7 Å². The number of aliphatic hydroxyl groups excluding tert-OH is 1. The van der Waals surface area contributed by atoms with Crippen molar-refractivity contribution in [3.05, 3.63) is 0 Å². The van der Waals surface area contributed by atoms with Crippen molar-refractivity contribution in [2.45, 2.75) is 25.6 Å². The van der Waals surface area contributed by atoms with E-state index in [4.69, 9.17) is 15.6 Å². The van der Waals surface area contributed by atoms with Gasteiger partial charge in [-0.1, -0.05) is 6.92 Å². The second kappa shape index (κ2) is 4.73. The monoisotopic (exact) mass is 133 g/mol. The molecule has 0 aromatic heterocycles. The molecule has 0 aliphatic heterocycles. The van der Waals surface area contributed by atoms with E-state index in [-0.39, 0.29) is 12.6 Å². The molecule has 0 bridgehead atoms. The molecule has 0 heterocycles. The van der Waals surface area contributed by atoms with Gasteiger partial charge in [0.2, 0.25) is 0 Å². The zero-order valence-corrected chi connectivity index (χ0v) is 6.00. The lowest BCUT2D eigenvalue weighted by Crippen LogP contribution is -2.34. The molecule has 2 atom stereocenters. The summed E-state index contributed by atoms with van der Waals surface area (Å²) in [6.07, 6.45) is 0.185. The zero-order chi connectivity index (χ0) is 7.28. The Morgan fingerprint density at radius 1 is 1.67 bits per heavy atom. The van der Waals surface area contributed by atoms with Crippen LogP contribution in [0.5, 0.6) is 0 Å². The van der Waals surface area contributed by atoms with Gasteiger partial charge in [-0.3, -0.25) is 0 Å². The molecule has 0 fully saturated rings. The van der Waals surface area contributed by atoms with Crippen molar-refractivity contribution < 1.29 is 9.84 Å². The Bertz CT molecular complexity index is 64.1. The molecule has 0 radical (unpaired) electrons. The summed E-state index contributed by atoms with van der Waals surface area (Å²) in [7, 11) is 1.58. The summed E-state index contributed by atoms with van der Waals surface area (Å²) in [6.45, 7) is 2.22. The van der Waals surface area contributed by atoms with Crippen LogP contribution in [0, 0.1) is 0 Å². The Balaban J connectivity index is 3.50. The van der Waals surface area contributed by atoms with Crippen molar-refractivity contribution in [3.63, 3.8) is 0 Å². The largest absolute Gasteiger partial charge is 0.389 e. The fraction of sp³-hybridized carbons (Fsp3) is 1.00. The average Bonchev–Trinajstić information content (AvgIpc) is 1.90. The molecule has 3 N–H and O–H groups in total. The predicted octanol–water partition coefficient (Wildman–Crippen LogP) is -0.269. The maximum atomic E-state index is 9.07. The predicted molar refractivity (Wildman–Crippen MR) is 36.1 cm³/mol. The van der Waals surface area contributed by atoms with Crippen molar-refractivity contribution in [1.82, 2.24) is 0 Å². The number of nitrogens with two attached hydrogens (primary N) is 1. The van der Waals surface area contributed by atoms with Crippen LogP contribution in [0.25, 0.3) is 0 Å². The second-order valence-electron chi connectivity index (χ2n) is 1.99. The Morgan fingerprint density at radius 2 is 2.22 bits per heavy atom. The minimum absolute atomic E-state index is 0.102. The van der Waals surface area contributed by atoms with Gasteiger partial charge in [0.05, 0.1) is 12.2 Å². The molecule has 0 aliphatic carbocycles. The molecule has 3 heteroatoms. The van der Waals surface area contributed by atoms with Crippen molar-refractivity contribution in [2.24, 2.45) is 5.73 Å². The Hall–Kier alpha value is -0.120. The van der Waals surface area contributed by atoms with E-state index in [1.165, 1.54) is 0 Å². The highest BCUT2D eigenvalue weighted by Gasteiger charge is 2.13. The third kappa shape index (κ3) is 2.79. The first-order chi connectivity index (χ1) is 4.26. The molecule has 56 valence electrons. The molecule has 0 aromatic rings. The minimum atomic E-state index is -0.514. The van der Waals surface area contributed by atoms with Crippen LogP contribution in [0.3, 0.4) is 0 Å². The maximum absolute atomic E-state index is 9.07. The van der Waals surface area contributed by atoms with Gasteiger partial charge >= 0.3 is 0 Å². The molecule has 0 aliphatic rings. The lowest BCUT2D eigenvalue weighted by molar-refractivity contribution is -0.00847. The number of methoxy groups -OCH3 is 1. The average molecular weight is 133 g/mol. The molecule has 0 saturated heterocycles. The van der Waals surface area contributed by atoms with Gasteiger partial charge in [0.25, 0.3) is 0 Å². The highest BCUT2D eigenvalue weighted by Crippen LogP contribution is 2.00. The Morgan fingerprint density at radius 3 is 2.33 bits per heavy atom. The van der Waals surface area contributed by atoms with E-state index in [0.717, 1.165) is 6.42 Å². The Kier molecular flexibility index (Phi) is 4.67. The summed E-state index contributed by atoms with van der Waals surface area (Å²) < 4.78 is 4.92. The van der Waals surface area contributed by atoms with Gasteiger partial charge < -0.3 is 15.6 Å². The van der Waals surface area contributed by atoms with Crippen molar-refractivity contribution in [1.29, 1.82) is 0 Å². The summed E-state index contributed by atoms with van der Waals surface area (Å²) in [5.74, 6) is 0. The van der Waals surface area contributed by atoms with E-state index in [0.29, 0.717) is 0 Å². The molecule has 0 amide bonds. The molecule has 0 saturated carbocycles. The smallest absolute Gasteiger partial charge is 0.0923 e. The first-order valence-electron chi connectivity index (χ1n) is 3.17. The van der Waals surface area contributed by atoms with E-state index in [9.17, 15) is 0 Å². The van der Waals surface area contributed by atoms with Crippen molar-refractivity contribution in [3.8, 4) is 0 Å². The topological polar surface area (TPSA) is 55.5 Å². The zero-order valence-electron chi connectivity index (χ0n) is 6.00. The fourth-order valence-electron chi connectivity index (χ4n) is 0.748. The maximum Gasteiger partial charge on any atom is 0.0923 e. The first kappa shape index (κ1) is 8.88. The number of hydrogen-bond donors (Lipinski definition) is 2. The van der Waals surface area contributed by atoms with Gasteiger partial charge in [-0.25, -0.2) is 0 Å². The van der Waals surface area contributed by atoms with E-state index < -0.39 is 6.10 Å². The molecule has 0 spiro atoms. The molecular formula is C6H15NO2. The van der Waals surface area contributed by atoms with E-state index >= 15 is 0 Å². The number of hydrogen-bond acceptors (Lipinski definition) is 3. The first-order valence-corrected chi connectivity index (χ1v) is 3.17. The Labute approximate surface area is 55.8 Å². The van der Waals surface area contributed by atoms with Crippen molar-refractivity contribution >= 4 is 0 Å². The molecule has 3 nitrogen and oxygen atoms in total. The van der Waals surface area contributed by atoms with Gasteiger partial charge in [-0.05, 0) is 6.42 Å². The summed E-state index contributed by atoms with van der Waals surface area (Å²) in [5, 5.41) is 9.07. The van der Waals surface area contributed by atoms with Gasteiger partial charge in [-0.15, -0.1) is 0 Å². The van der Waals surface area contributed by atoms with Gasteiger partial charge in [0, 0.05) is 13.7 Å². The van der Waals surface area contributed by atoms with Crippen LogP contribution in [0.4, 0.5) is 0 Å². The van der Waals surface area contributed by atoms with Gasteiger partial charge in [-0.2, -0.15) is 0 Å². The summed E-state index contributed by atoms with van der Waals surface area (Å²) >= 11 is 0. The van der Waals surface area contributed by atoms with Crippen LogP contribution in [0.2, 0.25) is 0 Å². The fourth-order valence-corrected chi connectivity index (χ4v) is 0.748. The lowest BCUT2D eigenvalue weighted by atomic mass is 10.1. The standard InChI is InChI=1S/C6H15NO2/c1-3-6(9-2)5(8)4-7/h5-6,8H,3-4,7H2,1-2H3. The van der Waals surface area contributed by atoms with Crippen LogP contribution in [-0.2, 0) is 4.74 Å². The molecule has 2 unspecified atom stereocenters. The van der Waals surface area contributed by atoms with Crippen LogP contribution in [0.1, 0.15) is 13.3 Å². The number of aliphatic hydroxyl groups is 1. The van der Waals surface area contributed by atoms with Crippen LogP contribution in [-0.4, -0.2) is 31.0 Å². The SMILES string of the molecule is CCC(OC)C(O)CN. The van der Waals surface area contributed by atoms with Crippen LogP contribution in [0.15, 0.2) is 0 Å². The quantitative estimate of drug-likeness (QED) is 0.555. The summed E-state index contributed by atoms with van der Waals surface area (Å²) in [5.41, 5.74) is 5.19. The molecular weight excluding hydrogens is 118 g/mol. The summed E-state index contributed by atoms with van der Waals surface area (Å²) in [4.78, 5) is 0. The van der Waals surface area contributed by atoms with E-state index in [1.807, 2.05) is 6.92 Å². The summed E-state index contributed by atoms with van der Waals surface area (Å²) in [6, 6.07) is 0. The lowest BCUT2D eigenvalue weighted by Gasteiger charge is -2.17. The van der Waals surface area contributed by atoms with Gasteiger partial charge in [0.15, 0.2) is 0 Å². The number of rotatable bonds is 4. The third-order valence-electron chi connectivity index (χ3n) is 1.38.